The van der Waals surface area contributed by atoms with Gasteiger partial charge in [-0.1, -0.05) is 42.4 Å². The van der Waals surface area contributed by atoms with Crippen molar-refractivity contribution in [3.8, 4) is 12.1 Å². The Bertz CT molecular complexity index is 1740. The standard InChI is InChI=1S/C35H38ClF2N7O2/c1-23(37)33(46)45-17-16-44(19-26(45)8-13-39)32-27-10-15-43(30-7-3-5-24-4-2-6-28(36)31(24)30)20-29(27)40-34(41-32)47-22-35(11-12-35)21-42-14-9-25(38)18-42/h2-7,25-26H,1,8-12,14-22H2/t25-,26+/m1/s1. The summed E-state index contributed by atoms with van der Waals surface area (Å²) in [6, 6.07) is 14.0. The van der Waals surface area contributed by atoms with E-state index in [9.17, 15) is 18.8 Å². The summed E-state index contributed by atoms with van der Waals surface area (Å²) >= 11 is 6.70. The predicted octanol–water partition coefficient (Wildman–Crippen LogP) is 5.46. The lowest BCUT2D eigenvalue weighted by molar-refractivity contribution is -0.131. The molecular formula is C35H38ClF2N7O2. The molecule has 9 nitrogen and oxygen atoms in total. The molecule has 1 aliphatic carbocycles. The lowest BCUT2D eigenvalue weighted by atomic mass is 10.0. The van der Waals surface area contributed by atoms with E-state index in [2.05, 4.69) is 45.5 Å². The van der Waals surface area contributed by atoms with Gasteiger partial charge in [0.05, 0.1) is 42.4 Å². The lowest BCUT2D eigenvalue weighted by Crippen LogP contribution is -2.55. The molecule has 4 heterocycles. The first-order valence-corrected chi connectivity index (χ1v) is 16.7. The largest absolute Gasteiger partial charge is 0.463 e. The summed E-state index contributed by atoms with van der Waals surface area (Å²) in [5.41, 5.74) is 2.84. The van der Waals surface area contributed by atoms with Crippen LogP contribution in [0.15, 0.2) is 48.8 Å². The number of rotatable bonds is 9. The molecule has 0 spiro atoms. The van der Waals surface area contributed by atoms with Gasteiger partial charge in [-0.05, 0) is 43.2 Å². The number of amides is 1. The second-order valence-electron chi connectivity index (χ2n) is 13.3. The first-order chi connectivity index (χ1) is 22.7. The smallest absolute Gasteiger partial charge is 0.318 e. The van der Waals surface area contributed by atoms with E-state index in [4.69, 9.17) is 26.3 Å². The van der Waals surface area contributed by atoms with Gasteiger partial charge in [0.25, 0.3) is 5.91 Å². The summed E-state index contributed by atoms with van der Waals surface area (Å²) in [6.45, 7) is 7.87. The van der Waals surface area contributed by atoms with Crippen LogP contribution >= 0.6 is 11.6 Å². The van der Waals surface area contributed by atoms with Crippen molar-refractivity contribution in [2.24, 2.45) is 5.41 Å². The zero-order chi connectivity index (χ0) is 32.7. The maximum Gasteiger partial charge on any atom is 0.318 e. The van der Waals surface area contributed by atoms with Gasteiger partial charge in [-0.2, -0.15) is 15.2 Å². The Labute approximate surface area is 278 Å². The molecule has 2 atom stereocenters. The first kappa shape index (κ1) is 31.6. The zero-order valence-electron chi connectivity index (χ0n) is 26.3. The normalized spacial score (nSPS) is 22.2. The topological polar surface area (TPSA) is 88.8 Å². The maximum atomic E-state index is 13.9. The van der Waals surface area contributed by atoms with Gasteiger partial charge in [0.1, 0.15) is 12.0 Å². The van der Waals surface area contributed by atoms with Crippen molar-refractivity contribution in [2.75, 3.05) is 62.2 Å². The Morgan fingerprint density at radius 2 is 1.91 bits per heavy atom. The Morgan fingerprint density at radius 1 is 1.11 bits per heavy atom. The van der Waals surface area contributed by atoms with E-state index in [1.54, 1.807) is 0 Å². The Hall–Kier alpha value is -4.01. The fraction of sp³-hybridized carbons (Fsp3) is 0.486. The summed E-state index contributed by atoms with van der Waals surface area (Å²) in [4.78, 5) is 30.4. The minimum atomic E-state index is -1.03. The third-order valence-corrected chi connectivity index (χ3v) is 10.4. The summed E-state index contributed by atoms with van der Waals surface area (Å²) in [7, 11) is 0. The molecule has 12 heteroatoms. The molecule has 1 amide bonds. The van der Waals surface area contributed by atoms with E-state index >= 15 is 0 Å². The molecule has 2 aromatic carbocycles. The number of hydrogen-bond donors (Lipinski definition) is 0. The number of piperazine rings is 1. The minimum absolute atomic E-state index is 0.0339. The molecule has 0 unspecified atom stereocenters. The fourth-order valence-corrected chi connectivity index (χ4v) is 7.64. The van der Waals surface area contributed by atoms with Crippen molar-refractivity contribution in [1.82, 2.24) is 19.8 Å². The highest BCUT2D eigenvalue weighted by Crippen LogP contribution is 2.47. The molecule has 0 bridgehead atoms. The van der Waals surface area contributed by atoms with E-state index in [1.807, 2.05) is 18.2 Å². The first-order valence-electron chi connectivity index (χ1n) is 16.3. The van der Waals surface area contributed by atoms with Crippen LogP contribution in [0.1, 0.15) is 36.9 Å². The Kier molecular flexibility index (Phi) is 8.66. The number of benzene rings is 2. The Balaban J connectivity index is 1.19. The van der Waals surface area contributed by atoms with Crippen LogP contribution in [0.5, 0.6) is 6.01 Å². The number of carbonyl (C=O) groups excluding carboxylic acids is 1. The highest BCUT2D eigenvalue weighted by Gasteiger charge is 2.46. The van der Waals surface area contributed by atoms with Crippen LogP contribution in [-0.2, 0) is 17.8 Å². The second kappa shape index (κ2) is 12.9. The highest BCUT2D eigenvalue weighted by molar-refractivity contribution is 6.36. The maximum absolute atomic E-state index is 13.9. The number of hydrogen-bond acceptors (Lipinski definition) is 8. The molecule has 3 aromatic rings. The third kappa shape index (κ3) is 6.46. The number of ether oxygens (including phenoxy) is 1. The number of aromatic nitrogens is 2. The van der Waals surface area contributed by atoms with Crippen LogP contribution in [0.4, 0.5) is 20.3 Å². The average molecular weight is 662 g/mol. The third-order valence-electron chi connectivity index (χ3n) is 10.0. The van der Waals surface area contributed by atoms with Gasteiger partial charge in [0.2, 0.25) is 0 Å². The molecule has 3 fully saturated rings. The molecule has 47 heavy (non-hydrogen) atoms. The number of anilines is 2. The van der Waals surface area contributed by atoms with Gasteiger partial charge in [-0.3, -0.25) is 9.69 Å². The van der Waals surface area contributed by atoms with Crippen molar-refractivity contribution in [1.29, 1.82) is 5.26 Å². The predicted molar refractivity (Wildman–Crippen MR) is 177 cm³/mol. The van der Waals surface area contributed by atoms with Gasteiger partial charge < -0.3 is 19.4 Å². The molecule has 1 aromatic heterocycles. The molecule has 7 rings (SSSR count). The lowest BCUT2D eigenvalue weighted by Gasteiger charge is -2.42. The van der Waals surface area contributed by atoms with Crippen molar-refractivity contribution < 1.29 is 18.3 Å². The van der Waals surface area contributed by atoms with E-state index in [0.29, 0.717) is 57.2 Å². The van der Waals surface area contributed by atoms with Gasteiger partial charge >= 0.3 is 6.01 Å². The number of carbonyl (C=O) groups is 1. The zero-order valence-corrected chi connectivity index (χ0v) is 27.1. The number of nitrogens with zero attached hydrogens (tertiary/aromatic N) is 7. The summed E-state index contributed by atoms with van der Waals surface area (Å²) in [6.07, 6.45) is 2.57. The molecule has 3 aliphatic heterocycles. The van der Waals surface area contributed by atoms with E-state index < -0.39 is 23.9 Å². The van der Waals surface area contributed by atoms with Crippen molar-refractivity contribution in [2.45, 2.75) is 50.9 Å². The second-order valence-corrected chi connectivity index (χ2v) is 13.7. The van der Waals surface area contributed by atoms with Crippen molar-refractivity contribution in [3.63, 3.8) is 0 Å². The molecule has 246 valence electrons. The monoisotopic (exact) mass is 661 g/mol. The van der Waals surface area contributed by atoms with Crippen LogP contribution in [0.3, 0.4) is 0 Å². The molecule has 4 aliphatic rings. The van der Waals surface area contributed by atoms with E-state index in [1.165, 1.54) is 4.90 Å². The van der Waals surface area contributed by atoms with Crippen molar-refractivity contribution in [3.05, 3.63) is 65.1 Å². The summed E-state index contributed by atoms with van der Waals surface area (Å²) < 4.78 is 34.1. The quantitative estimate of drug-likeness (QED) is 0.280. The minimum Gasteiger partial charge on any atom is -0.463 e. The molecule has 0 N–H and O–H groups in total. The van der Waals surface area contributed by atoms with Gasteiger partial charge in [-0.25, -0.2) is 8.78 Å². The molecule has 1 saturated carbocycles. The van der Waals surface area contributed by atoms with Crippen LogP contribution in [0.2, 0.25) is 5.02 Å². The van der Waals surface area contributed by atoms with Crippen LogP contribution in [-0.4, -0.2) is 90.3 Å². The Morgan fingerprint density at radius 3 is 2.64 bits per heavy atom. The van der Waals surface area contributed by atoms with E-state index in [-0.39, 0.29) is 24.4 Å². The fourth-order valence-electron chi connectivity index (χ4n) is 7.36. The van der Waals surface area contributed by atoms with Crippen LogP contribution < -0.4 is 14.5 Å². The van der Waals surface area contributed by atoms with Gasteiger partial charge in [-0.15, -0.1) is 0 Å². The highest BCUT2D eigenvalue weighted by atomic mass is 35.5. The SMILES string of the molecule is C=C(F)C(=O)N1CCN(c2nc(OCC3(CN4CC[C@@H](F)C4)CC3)nc3c2CCN(c2cccc4cccc(Cl)c24)C3)C[C@@H]1CC#N. The van der Waals surface area contributed by atoms with Crippen molar-refractivity contribution >= 4 is 39.8 Å². The number of likely N-dealkylation sites (tertiary alicyclic amines) is 1. The number of nitriles is 1. The van der Waals surface area contributed by atoms with Gasteiger partial charge in [0.15, 0.2) is 5.83 Å². The number of alkyl halides is 1. The number of fused-ring (bicyclic) bond motifs is 2. The molecule has 0 radical (unpaired) electrons. The summed E-state index contributed by atoms with van der Waals surface area (Å²) in [5.74, 6) is -1.09. The van der Waals surface area contributed by atoms with Crippen LogP contribution in [0, 0.1) is 16.7 Å². The molecule has 2 saturated heterocycles. The van der Waals surface area contributed by atoms with E-state index in [0.717, 1.165) is 59.5 Å². The van der Waals surface area contributed by atoms with Crippen LogP contribution in [0.25, 0.3) is 10.8 Å². The van der Waals surface area contributed by atoms with Gasteiger partial charge in [0, 0.05) is 67.9 Å². The molecular weight excluding hydrogens is 624 g/mol. The number of halogens is 3. The summed E-state index contributed by atoms with van der Waals surface area (Å²) in [5, 5.41) is 12.3. The average Bonchev–Trinajstić information content (AvgIpc) is 3.72.